The van der Waals surface area contributed by atoms with Gasteiger partial charge in [0.1, 0.15) is 5.82 Å². The summed E-state index contributed by atoms with van der Waals surface area (Å²) in [5.41, 5.74) is 0.534. The molecule has 1 heterocycles. The zero-order chi connectivity index (χ0) is 15.2. The normalized spacial score (nSPS) is 10.4. The lowest BCUT2D eigenvalue weighted by Crippen LogP contribution is -2.11. The summed E-state index contributed by atoms with van der Waals surface area (Å²) in [5, 5.41) is 14.0. The maximum atomic E-state index is 13.0. The molecule has 0 fully saturated rings. The van der Waals surface area contributed by atoms with Crippen LogP contribution in [-0.4, -0.2) is 16.5 Å². The van der Waals surface area contributed by atoms with Gasteiger partial charge in [0.2, 0.25) is 11.6 Å². The van der Waals surface area contributed by atoms with E-state index in [9.17, 15) is 14.5 Å². The molecule has 1 aromatic heterocycles. The minimum absolute atomic E-state index is 0.0478. The fourth-order valence-electron chi connectivity index (χ4n) is 1.68. The Hall–Kier alpha value is -2.54. The Morgan fingerprint density at radius 2 is 2.19 bits per heavy atom. The van der Waals surface area contributed by atoms with Crippen molar-refractivity contribution in [1.82, 2.24) is 10.3 Å². The van der Waals surface area contributed by atoms with E-state index in [4.69, 9.17) is 4.74 Å². The topological polar surface area (TPSA) is 77.3 Å². The van der Waals surface area contributed by atoms with Crippen molar-refractivity contribution in [2.75, 3.05) is 6.54 Å². The highest BCUT2D eigenvalue weighted by Crippen LogP contribution is 2.30. The first kappa shape index (κ1) is 14.9. The van der Waals surface area contributed by atoms with Gasteiger partial charge in [-0.3, -0.25) is 10.1 Å². The molecule has 1 aromatic carbocycles. The van der Waals surface area contributed by atoms with E-state index >= 15 is 0 Å². The molecule has 0 saturated carbocycles. The van der Waals surface area contributed by atoms with E-state index in [2.05, 4.69) is 10.3 Å². The molecule has 0 bridgehead atoms. The molecule has 6 nitrogen and oxygen atoms in total. The van der Waals surface area contributed by atoms with Crippen LogP contribution in [0, 0.1) is 15.9 Å². The van der Waals surface area contributed by atoms with Crippen LogP contribution in [0.15, 0.2) is 36.5 Å². The van der Waals surface area contributed by atoms with E-state index in [1.807, 2.05) is 6.92 Å². The molecule has 2 aromatic rings. The number of aromatic nitrogens is 1. The first-order chi connectivity index (χ1) is 10.1. The second-order valence-corrected chi connectivity index (χ2v) is 4.26. The maximum Gasteiger partial charge on any atom is 0.314 e. The highest BCUT2D eigenvalue weighted by molar-refractivity contribution is 5.47. The predicted molar refractivity (Wildman–Crippen MR) is 74.7 cm³/mol. The van der Waals surface area contributed by atoms with E-state index in [-0.39, 0.29) is 11.6 Å². The van der Waals surface area contributed by atoms with Gasteiger partial charge in [0.15, 0.2) is 0 Å². The van der Waals surface area contributed by atoms with Crippen LogP contribution in [0.3, 0.4) is 0 Å². The van der Waals surface area contributed by atoms with Gasteiger partial charge < -0.3 is 10.1 Å². The SMILES string of the molecule is CCNCc1ccc(Oc2ccc(F)cc2[N+](=O)[O-])nc1. The quantitative estimate of drug-likeness (QED) is 0.654. The molecule has 0 saturated heterocycles. The molecule has 0 radical (unpaired) electrons. The number of nitro groups is 1. The van der Waals surface area contributed by atoms with Crippen molar-refractivity contribution in [3.05, 3.63) is 58.0 Å². The monoisotopic (exact) mass is 291 g/mol. The summed E-state index contributed by atoms with van der Waals surface area (Å²) < 4.78 is 18.4. The largest absolute Gasteiger partial charge is 0.432 e. The number of hydrogen-bond acceptors (Lipinski definition) is 5. The van der Waals surface area contributed by atoms with Gasteiger partial charge in [-0.05, 0) is 24.2 Å². The van der Waals surface area contributed by atoms with Crippen LogP contribution in [0.2, 0.25) is 0 Å². The number of nitrogens with one attached hydrogen (secondary N) is 1. The highest BCUT2D eigenvalue weighted by Gasteiger charge is 2.17. The average molecular weight is 291 g/mol. The lowest BCUT2D eigenvalue weighted by atomic mass is 10.3. The van der Waals surface area contributed by atoms with E-state index in [0.29, 0.717) is 6.54 Å². The maximum absolute atomic E-state index is 13.0. The summed E-state index contributed by atoms with van der Waals surface area (Å²) in [6, 6.07) is 6.54. The minimum atomic E-state index is -0.696. The zero-order valence-electron chi connectivity index (χ0n) is 11.4. The van der Waals surface area contributed by atoms with E-state index < -0.39 is 16.4 Å². The predicted octanol–water partition coefficient (Wildman–Crippen LogP) is 3.03. The van der Waals surface area contributed by atoms with Crippen LogP contribution in [0.4, 0.5) is 10.1 Å². The summed E-state index contributed by atoms with van der Waals surface area (Å²) >= 11 is 0. The van der Waals surface area contributed by atoms with Crippen molar-refractivity contribution < 1.29 is 14.1 Å². The number of ether oxygens (including phenoxy) is 1. The number of nitro benzene ring substituents is 1. The number of rotatable bonds is 6. The van der Waals surface area contributed by atoms with Gasteiger partial charge in [-0.2, -0.15) is 0 Å². The van der Waals surface area contributed by atoms with Gasteiger partial charge in [-0.15, -0.1) is 0 Å². The molecule has 0 amide bonds. The van der Waals surface area contributed by atoms with Crippen LogP contribution in [0.5, 0.6) is 11.6 Å². The third-order valence-corrected chi connectivity index (χ3v) is 2.71. The minimum Gasteiger partial charge on any atom is -0.432 e. The first-order valence-electron chi connectivity index (χ1n) is 6.37. The lowest BCUT2D eigenvalue weighted by molar-refractivity contribution is -0.385. The molecule has 0 aliphatic rings. The third-order valence-electron chi connectivity index (χ3n) is 2.71. The second kappa shape index (κ2) is 6.76. The molecule has 0 aliphatic carbocycles. The third kappa shape index (κ3) is 3.96. The number of hydrogen-bond donors (Lipinski definition) is 1. The molecule has 0 unspecified atom stereocenters. The van der Waals surface area contributed by atoms with Crippen molar-refractivity contribution in [1.29, 1.82) is 0 Å². The Morgan fingerprint density at radius 3 is 2.81 bits per heavy atom. The number of benzene rings is 1. The first-order valence-corrected chi connectivity index (χ1v) is 6.37. The number of nitrogens with zero attached hydrogens (tertiary/aromatic N) is 2. The van der Waals surface area contributed by atoms with Crippen LogP contribution in [0.1, 0.15) is 12.5 Å². The lowest BCUT2D eigenvalue weighted by Gasteiger charge is -2.06. The summed E-state index contributed by atoms with van der Waals surface area (Å²) in [6.07, 6.45) is 1.62. The Balaban J connectivity index is 2.16. The number of pyridine rings is 1. The Bertz CT molecular complexity index is 632. The molecular weight excluding hydrogens is 277 g/mol. The summed E-state index contributed by atoms with van der Waals surface area (Å²) in [5.74, 6) is -0.527. The van der Waals surface area contributed by atoms with Crippen molar-refractivity contribution in [2.24, 2.45) is 0 Å². The average Bonchev–Trinajstić information content (AvgIpc) is 2.48. The van der Waals surface area contributed by atoms with Crippen molar-refractivity contribution in [3.8, 4) is 11.6 Å². The van der Waals surface area contributed by atoms with Gasteiger partial charge in [-0.25, -0.2) is 9.37 Å². The van der Waals surface area contributed by atoms with Gasteiger partial charge in [-0.1, -0.05) is 13.0 Å². The van der Waals surface area contributed by atoms with E-state index in [0.717, 1.165) is 24.2 Å². The van der Waals surface area contributed by atoms with Gasteiger partial charge >= 0.3 is 5.69 Å². The van der Waals surface area contributed by atoms with Gasteiger partial charge in [0.25, 0.3) is 0 Å². The van der Waals surface area contributed by atoms with Crippen LogP contribution in [0.25, 0.3) is 0 Å². The smallest absolute Gasteiger partial charge is 0.314 e. The molecule has 0 atom stereocenters. The summed E-state index contributed by atoms with van der Waals surface area (Å²) in [7, 11) is 0. The van der Waals surface area contributed by atoms with E-state index in [1.54, 1.807) is 18.3 Å². The fraction of sp³-hybridized carbons (Fsp3) is 0.214. The van der Waals surface area contributed by atoms with Gasteiger partial charge in [0, 0.05) is 18.8 Å². The Morgan fingerprint density at radius 1 is 1.38 bits per heavy atom. The number of halogens is 1. The van der Waals surface area contributed by atoms with Gasteiger partial charge in [0.05, 0.1) is 11.0 Å². The molecule has 21 heavy (non-hydrogen) atoms. The fourth-order valence-corrected chi connectivity index (χ4v) is 1.68. The zero-order valence-corrected chi connectivity index (χ0v) is 11.4. The molecular formula is C14H14FN3O3. The van der Waals surface area contributed by atoms with Crippen molar-refractivity contribution >= 4 is 5.69 Å². The Labute approximate surface area is 120 Å². The molecule has 7 heteroatoms. The summed E-state index contributed by atoms with van der Waals surface area (Å²) in [6.45, 7) is 3.53. The van der Waals surface area contributed by atoms with E-state index in [1.165, 1.54) is 6.07 Å². The second-order valence-electron chi connectivity index (χ2n) is 4.26. The molecule has 110 valence electrons. The standard InChI is InChI=1S/C14H14FN3O3/c1-2-16-8-10-3-6-14(17-9-10)21-13-5-4-11(15)7-12(13)18(19)20/h3-7,9,16H,2,8H2,1H3. The van der Waals surface area contributed by atoms with Crippen LogP contribution in [-0.2, 0) is 6.54 Å². The van der Waals surface area contributed by atoms with Crippen LogP contribution < -0.4 is 10.1 Å². The molecule has 2 rings (SSSR count). The Kier molecular flexibility index (Phi) is 4.78. The van der Waals surface area contributed by atoms with Crippen molar-refractivity contribution in [2.45, 2.75) is 13.5 Å². The summed E-state index contributed by atoms with van der Waals surface area (Å²) in [4.78, 5) is 14.2. The van der Waals surface area contributed by atoms with Crippen molar-refractivity contribution in [3.63, 3.8) is 0 Å². The molecule has 0 aliphatic heterocycles. The molecule has 0 spiro atoms. The van der Waals surface area contributed by atoms with Crippen LogP contribution >= 0.6 is 0 Å². The molecule has 1 N–H and O–H groups in total. The highest BCUT2D eigenvalue weighted by atomic mass is 19.1.